The highest BCUT2D eigenvalue weighted by Crippen LogP contribution is 2.22. The lowest BCUT2D eigenvalue weighted by atomic mass is 10.1. The van der Waals surface area contributed by atoms with E-state index < -0.39 is 0 Å². The first-order valence-electron chi connectivity index (χ1n) is 10.6. The Labute approximate surface area is 174 Å². The zero-order chi connectivity index (χ0) is 21.4. The maximum Gasteiger partial charge on any atom is 0.244 e. The summed E-state index contributed by atoms with van der Waals surface area (Å²) in [6.45, 7) is 10.8. The summed E-state index contributed by atoms with van der Waals surface area (Å²) < 4.78 is 0. The Morgan fingerprint density at radius 1 is 1.24 bits per heavy atom. The number of amidine groups is 1. The van der Waals surface area contributed by atoms with Crippen LogP contribution in [-0.2, 0) is 4.79 Å². The summed E-state index contributed by atoms with van der Waals surface area (Å²) >= 11 is 0. The average molecular weight is 398 g/mol. The molecule has 2 unspecified atom stereocenters. The minimum Gasteiger partial charge on any atom is -0.383 e. The van der Waals surface area contributed by atoms with Crippen LogP contribution in [0.5, 0.6) is 0 Å². The number of carbonyl (C=O) groups excluding carboxylic acids is 1. The van der Waals surface area contributed by atoms with Gasteiger partial charge in [-0.05, 0) is 51.3 Å². The lowest BCUT2D eigenvalue weighted by Crippen LogP contribution is -2.37. The molecular weight excluding hydrogens is 362 g/mol. The predicted molar refractivity (Wildman–Crippen MR) is 123 cm³/mol. The van der Waals surface area contributed by atoms with Gasteiger partial charge in [-0.1, -0.05) is 31.9 Å². The van der Waals surface area contributed by atoms with E-state index >= 15 is 0 Å². The van der Waals surface area contributed by atoms with E-state index in [0.717, 1.165) is 35.9 Å². The van der Waals surface area contributed by atoms with Crippen LogP contribution in [0.4, 0.5) is 5.82 Å². The van der Waals surface area contributed by atoms with Gasteiger partial charge in [0, 0.05) is 30.9 Å². The van der Waals surface area contributed by atoms with Crippen molar-refractivity contribution in [3.8, 4) is 0 Å². The molecule has 2 aromatic rings. The number of pyridine rings is 1. The van der Waals surface area contributed by atoms with Crippen LogP contribution in [0.2, 0.25) is 0 Å². The Balaban J connectivity index is 2.21. The Morgan fingerprint density at radius 2 is 2.00 bits per heavy atom. The van der Waals surface area contributed by atoms with E-state index in [0.29, 0.717) is 23.5 Å². The fourth-order valence-corrected chi connectivity index (χ4v) is 3.54. The van der Waals surface area contributed by atoms with Gasteiger partial charge < -0.3 is 16.4 Å². The third-order valence-corrected chi connectivity index (χ3v) is 5.04. The molecule has 4 N–H and O–H groups in total. The molecule has 0 bridgehead atoms. The Bertz CT molecular complexity index is 862. The fourth-order valence-electron chi connectivity index (χ4n) is 3.54. The van der Waals surface area contributed by atoms with E-state index in [2.05, 4.69) is 42.5 Å². The molecule has 2 rings (SSSR count). The van der Waals surface area contributed by atoms with Crippen molar-refractivity contribution in [1.82, 2.24) is 10.3 Å². The number of amides is 1. The van der Waals surface area contributed by atoms with Crippen LogP contribution in [0, 0.1) is 6.92 Å². The highest BCUT2D eigenvalue weighted by atomic mass is 16.1. The van der Waals surface area contributed by atoms with Crippen molar-refractivity contribution in [2.45, 2.75) is 72.4 Å². The Hall–Kier alpha value is -2.47. The molecule has 158 valence electrons. The molecule has 29 heavy (non-hydrogen) atoms. The van der Waals surface area contributed by atoms with Gasteiger partial charge in [-0.15, -0.1) is 0 Å². The molecule has 1 aromatic heterocycles. The maximum atomic E-state index is 11.4. The highest BCUT2D eigenvalue weighted by molar-refractivity contribution is 6.08. The number of benzene rings is 1. The first kappa shape index (κ1) is 22.8. The van der Waals surface area contributed by atoms with Gasteiger partial charge in [-0.25, -0.2) is 4.98 Å². The van der Waals surface area contributed by atoms with Crippen molar-refractivity contribution >= 4 is 28.5 Å². The summed E-state index contributed by atoms with van der Waals surface area (Å²) in [6, 6.07) is 9.01. The zero-order valence-corrected chi connectivity index (χ0v) is 18.4. The standard InChI is InChI=1S/C23H35N5O/c1-6-8-16(4)26-19(7-2)11-12-25-23-20(22(24)27-17(5)29)14-18-13-15(3)9-10-21(18)28-23/h9-10,13-14,16,19,26H,6-8,11-12H2,1-5H3,(H,25,28)(H2,24,27,29). The topological polar surface area (TPSA) is 92.4 Å². The lowest BCUT2D eigenvalue weighted by molar-refractivity contribution is -0.115. The van der Waals surface area contributed by atoms with E-state index in [1.54, 1.807) is 0 Å². The normalized spacial score (nSPS) is 14.0. The van der Waals surface area contributed by atoms with Crippen LogP contribution >= 0.6 is 0 Å². The van der Waals surface area contributed by atoms with Crippen molar-refractivity contribution in [3.05, 3.63) is 35.4 Å². The summed E-state index contributed by atoms with van der Waals surface area (Å²) in [5.74, 6) is 0.538. The molecule has 0 aliphatic heterocycles. The molecule has 1 aromatic carbocycles. The molecule has 1 heterocycles. The van der Waals surface area contributed by atoms with Crippen molar-refractivity contribution in [3.63, 3.8) is 0 Å². The van der Waals surface area contributed by atoms with Gasteiger partial charge in [-0.2, -0.15) is 4.99 Å². The number of hydrogen-bond donors (Lipinski definition) is 3. The summed E-state index contributed by atoms with van der Waals surface area (Å²) in [5, 5.41) is 8.10. The predicted octanol–water partition coefficient (Wildman–Crippen LogP) is 4.15. The summed E-state index contributed by atoms with van der Waals surface area (Å²) in [4.78, 5) is 20.1. The molecule has 1 amide bonds. The van der Waals surface area contributed by atoms with E-state index in [-0.39, 0.29) is 11.7 Å². The minimum absolute atomic E-state index is 0.192. The molecule has 0 saturated heterocycles. The second-order valence-corrected chi connectivity index (χ2v) is 7.77. The molecule has 0 fully saturated rings. The molecule has 0 saturated carbocycles. The molecule has 0 spiro atoms. The second-order valence-electron chi connectivity index (χ2n) is 7.77. The fraction of sp³-hybridized carbons (Fsp3) is 0.522. The summed E-state index contributed by atoms with van der Waals surface area (Å²) in [5.41, 5.74) is 8.82. The number of aryl methyl sites for hydroxylation is 1. The number of fused-ring (bicyclic) bond motifs is 1. The number of anilines is 1. The first-order valence-corrected chi connectivity index (χ1v) is 10.6. The lowest BCUT2D eigenvalue weighted by Gasteiger charge is -2.22. The molecular formula is C23H35N5O. The second kappa shape index (κ2) is 10.9. The largest absolute Gasteiger partial charge is 0.383 e. The minimum atomic E-state index is -0.321. The van der Waals surface area contributed by atoms with Gasteiger partial charge in [0.05, 0.1) is 11.1 Å². The van der Waals surface area contributed by atoms with Crippen LogP contribution in [0.1, 0.15) is 64.5 Å². The van der Waals surface area contributed by atoms with Crippen LogP contribution in [0.15, 0.2) is 29.3 Å². The summed E-state index contributed by atoms with van der Waals surface area (Å²) in [6.07, 6.45) is 4.40. The van der Waals surface area contributed by atoms with Crippen LogP contribution in [0.3, 0.4) is 0 Å². The number of aliphatic imine (C=N–C) groups is 1. The van der Waals surface area contributed by atoms with Gasteiger partial charge >= 0.3 is 0 Å². The van der Waals surface area contributed by atoms with Crippen LogP contribution in [0.25, 0.3) is 10.9 Å². The highest BCUT2D eigenvalue weighted by Gasteiger charge is 2.13. The molecule has 0 radical (unpaired) electrons. The average Bonchev–Trinajstić information content (AvgIpc) is 2.66. The monoisotopic (exact) mass is 397 g/mol. The summed E-state index contributed by atoms with van der Waals surface area (Å²) in [7, 11) is 0. The molecule has 6 heteroatoms. The van der Waals surface area contributed by atoms with E-state index in [4.69, 9.17) is 10.7 Å². The molecule has 0 aliphatic carbocycles. The number of nitrogens with two attached hydrogens (primary N) is 1. The number of hydrogen-bond acceptors (Lipinski definition) is 4. The van der Waals surface area contributed by atoms with Crippen molar-refractivity contribution in [2.24, 2.45) is 10.7 Å². The number of aromatic nitrogens is 1. The number of carbonyl (C=O) groups is 1. The van der Waals surface area contributed by atoms with Gasteiger partial charge in [0.15, 0.2) is 0 Å². The number of nitrogens with one attached hydrogen (secondary N) is 2. The quantitative estimate of drug-likeness (QED) is 0.414. The molecule has 2 atom stereocenters. The maximum absolute atomic E-state index is 11.4. The van der Waals surface area contributed by atoms with E-state index in [9.17, 15) is 4.79 Å². The van der Waals surface area contributed by atoms with E-state index in [1.807, 2.05) is 25.1 Å². The third kappa shape index (κ3) is 6.82. The third-order valence-electron chi connectivity index (χ3n) is 5.04. The molecule has 6 nitrogen and oxygen atoms in total. The number of nitrogens with zero attached hydrogens (tertiary/aromatic N) is 2. The molecule has 0 aliphatic rings. The number of rotatable bonds is 10. The van der Waals surface area contributed by atoms with Gasteiger partial charge in [0.1, 0.15) is 11.7 Å². The Morgan fingerprint density at radius 3 is 2.66 bits per heavy atom. The SMILES string of the molecule is CCCC(C)NC(CC)CCNc1nc2ccc(C)cc2cc1C(N)=NC(C)=O. The van der Waals surface area contributed by atoms with Crippen LogP contribution in [-0.4, -0.2) is 35.4 Å². The Kier molecular flexibility index (Phi) is 8.58. The van der Waals surface area contributed by atoms with Gasteiger partial charge in [0.2, 0.25) is 5.91 Å². The van der Waals surface area contributed by atoms with Crippen LogP contribution < -0.4 is 16.4 Å². The van der Waals surface area contributed by atoms with E-state index in [1.165, 1.54) is 19.8 Å². The zero-order valence-electron chi connectivity index (χ0n) is 18.4. The van der Waals surface area contributed by atoms with Crippen molar-refractivity contribution in [1.29, 1.82) is 0 Å². The van der Waals surface area contributed by atoms with Gasteiger partial charge in [0.25, 0.3) is 0 Å². The van der Waals surface area contributed by atoms with Crippen molar-refractivity contribution in [2.75, 3.05) is 11.9 Å². The van der Waals surface area contributed by atoms with Gasteiger partial charge in [-0.3, -0.25) is 4.79 Å². The first-order chi connectivity index (χ1) is 13.8. The van der Waals surface area contributed by atoms with Crippen molar-refractivity contribution < 1.29 is 4.79 Å². The smallest absolute Gasteiger partial charge is 0.244 e.